The van der Waals surface area contributed by atoms with E-state index in [1.54, 1.807) is 0 Å². The van der Waals surface area contributed by atoms with E-state index in [1.165, 1.54) is 12.8 Å². The lowest BCUT2D eigenvalue weighted by atomic mass is 10.0. The number of hydrogen-bond acceptors (Lipinski definition) is 4. The topological polar surface area (TPSA) is 48.3 Å². The molecule has 98 valence electrons. The Kier molecular flexibility index (Phi) is 7.18. The summed E-state index contributed by atoms with van der Waals surface area (Å²) in [6, 6.07) is 2.27. The van der Waals surface area contributed by atoms with Gasteiger partial charge in [0.25, 0.3) is 0 Å². The molecule has 0 aromatic heterocycles. The third kappa shape index (κ3) is 6.02. The van der Waals surface area contributed by atoms with Crippen molar-refractivity contribution in [1.82, 2.24) is 10.2 Å². The maximum absolute atomic E-state index is 9.04. The van der Waals surface area contributed by atoms with Crippen LogP contribution in [0.25, 0.3) is 0 Å². The van der Waals surface area contributed by atoms with E-state index in [-0.39, 0.29) is 6.04 Å². The average Bonchev–Trinajstić information content (AvgIpc) is 2.35. The number of nitriles is 1. The maximum atomic E-state index is 9.04. The van der Waals surface area contributed by atoms with E-state index in [1.807, 2.05) is 0 Å². The van der Waals surface area contributed by atoms with E-state index in [2.05, 4.69) is 30.3 Å². The van der Waals surface area contributed by atoms with Crippen molar-refractivity contribution in [3.05, 3.63) is 0 Å². The molecule has 1 heterocycles. The number of nitrogens with zero attached hydrogens (tertiary/aromatic N) is 2. The van der Waals surface area contributed by atoms with Crippen LogP contribution >= 0.6 is 0 Å². The molecule has 1 fully saturated rings. The van der Waals surface area contributed by atoms with Crippen LogP contribution in [0.2, 0.25) is 0 Å². The Balaban J connectivity index is 2.21. The van der Waals surface area contributed by atoms with Crippen molar-refractivity contribution in [3.63, 3.8) is 0 Å². The van der Waals surface area contributed by atoms with Crippen LogP contribution in [0.1, 0.15) is 26.2 Å². The van der Waals surface area contributed by atoms with Gasteiger partial charge in [0.1, 0.15) is 6.04 Å². The lowest BCUT2D eigenvalue weighted by Crippen LogP contribution is -2.41. The summed E-state index contributed by atoms with van der Waals surface area (Å²) in [6.45, 7) is 6.66. The summed E-state index contributed by atoms with van der Waals surface area (Å²) in [7, 11) is 2.09. The zero-order valence-electron chi connectivity index (χ0n) is 11.1. The molecule has 1 N–H and O–H groups in total. The molecule has 0 aromatic rings. The van der Waals surface area contributed by atoms with E-state index in [4.69, 9.17) is 10.00 Å². The lowest BCUT2D eigenvalue weighted by molar-refractivity contribution is 0.0416. The molecule has 1 rings (SSSR count). The van der Waals surface area contributed by atoms with Gasteiger partial charge in [0.15, 0.2) is 0 Å². The fraction of sp³-hybridized carbons (Fsp3) is 0.923. The SMILES string of the molecule is CCCNC(C#N)CN(C)CC1CCCOC1. The highest BCUT2D eigenvalue weighted by Crippen LogP contribution is 2.14. The molecule has 0 bridgehead atoms. The molecule has 0 aliphatic carbocycles. The molecular weight excluding hydrogens is 214 g/mol. The Labute approximate surface area is 105 Å². The van der Waals surface area contributed by atoms with Crippen LogP contribution in [-0.2, 0) is 4.74 Å². The predicted molar refractivity (Wildman–Crippen MR) is 68.7 cm³/mol. The van der Waals surface area contributed by atoms with Gasteiger partial charge in [0.2, 0.25) is 0 Å². The first-order valence-electron chi connectivity index (χ1n) is 6.65. The highest BCUT2D eigenvalue weighted by atomic mass is 16.5. The van der Waals surface area contributed by atoms with Gasteiger partial charge in [-0.2, -0.15) is 5.26 Å². The molecule has 0 saturated carbocycles. The van der Waals surface area contributed by atoms with Crippen molar-refractivity contribution in [1.29, 1.82) is 5.26 Å². The minimum absolute atomic E-state index is 0.0514. The fourth-order valence-corrected chi connectivity index (χ4v) is 2.25. The second-order valence-electron chi connectivity index (χ2n) is 4.94. The Hall–Kier alpha value is -0.630. The Bertz CT molecular complexity index is 233. The van der Waals surface area contributed by atoms with Crippen LogP contribution in [0.4, 0.5) is 0 Å². The molecule has 4 nitrogen and oxygen atoms in total. The molecule has 0 amide bonds. The van der Waals surface area contributed by atoms with Crippen molar-refractivity contribution < 1.29 is 4.74 Å². The molecule has 17 heavy (non-hydrogen) atoms. The summed E-state index contributed by atoms with van der Waals surface area (Å²) in [6.07, 6.45) is 3.50. The van der Waals surface area contributed by atoms with Crippen LogP contribution in [0.3, 0.4) is 0 Å². The van der Waals surface area contributed by atoms with Gasteiger partial charge in [-0.1, -0.05) is 6.92 Å². The molecule has 1 saturated heterocycles. The average molecular weight is 239 g/mol. The lowest BCUT2D eigenvalue weighted by Gasteiger charge is -2.28. The van der Waals surface area contributed by atoms with Crippen molar-refractivity contribution in [2.45, 2.75) is 32.2 Å². The zero-order chi connectivity index (χ0) is 12.5. The third-order valence-electron chi connectivity index (χ3n) is 3.12. The largest absolute Gasteiger partial charge is 0.381 e. The van der Waals surface area contributed by atoms with Gasteiger partial charge in [0, 0.05) is 19.7 Å². The minimum Gasteiger partial charge on any atom is -0.381 e. The van der Waals surface area contributed by atoms with Crippen LogP contribution in [-0.4, -0.2) is 50.8 Å². The first-order chi connectivity index (χ1) is 8.26. The normalized spacial score (nSPS) is 22.4. The van der Waals surface area contributed by atoms with Crippen molar-refractivity contribution >= 4 is 0 Å². The summed E-state index contributed by atoms with van der Waals surface area (Å²) in [4.78, 5) is 2.25. The van der Waals surface area contributed by atoms with Crippen molar-refractivity contribution in [2.75, 3.05) is 39.9 Å². The maximum Gasteiger partial charge on any atom is 0.108 e. The van der Waals surface area contributed by atoms with Crippen LogP contribution in [0.5, 0.6) is 0 Å². The first kappa shape index (κ1) is 14.4. The number of rotatable bonds is 7. The van der Waals surface area contributed by atoms with E-state index >= 15 is 0 Å². The van der Waals surface area contributed by atoms with Gasteiger partial charge in [-0.05, 0) is 38.8 Å². The molecular formula is C13H25N3O. The minimum atomic E-state index is -0.0514. The molecule has 1 aliphatic rings. The number of likely N-dealkylation sites (N-methyl/N-ethyl adjacent to an activating group) is 1. The summed E-state index contributed by atoms with van der Waals surface area (Å²) in [5, 5.41) is 12.3. The molecule has 0 aromatic carbocycles. The van der Waals surface area contributed by atoms with Gasteiger partial charge in [-0.3, -0.25) is 0 Å². The van der Waals surface area contributed by atoms with Crippen LogP contribution in [0, 0.1) is 17.2 Å². The highest BCUT2D eigenvalue weighted by Gasteiger charge is 2.17. The van der Waals surface area contributed by atoms with Gasteiger partial charge in [-0.25, -0.2) is 0 Å². The molecule has 2 unspecified atom stereocenters. The monoisotopic (exact) mass is 239 g/mol. The Morgan fingerprint density at radius 1 is 1.59 bits per heavy atom. The van der Waals surface area contributed by atoms with Crippen molar-refractivity contribution in [2.24, 2.45) is 5.92 Å². The van der Waals surface area contributed by atoms with Gasteiger partial charge in [0.05, 0.1) is 12.7 Å². The molecule has 0 radical (unpaired) electrons. The van der Waals surface area contributed by atoms with E-state index < -0.39 is 0 Å². The number of hydrogen-bond donors (Lipinski definition) is 1. The van der Waals surface area contributed by atoms with Gasteiger partial charge >= 0.3 is 0 Å². The first-order valence-corrected chi connectivity index (χ1v) is 6.65. The van der Waals surface area contributed by atoms with E-state index in [0.717, 1.165) is 39.3 Å². The van der Waals surface area contributed by atoms with Gasteiger partial charge < -0.3 is 15.0 Å². The second kappa shape index (κ2) is 8.46. The summed E-state index contributed by atoms with van der Waals surface area (Å²) >= 11 is 0. The molecule has 0 spiro atoms. The molecule has 1 aliphatic heterocycles. The second-order valence-corrected chi connectivity index (χ2v) is 4.94. The molecule has 4 heteroatoms. The smallest absolute Gasteiger partial charge is 0.108 e. The summed E-state index contributed by atoms with van der Waals surface area (Å²) in [5.41, 5.74) is 0. The van der Waals surface area contributed by atoms with Crippen LogP contribution in [0.15, 0.2) is 0 Å². The summed E-state index contributed by atoms with van der Waals surface area (Å²) < 4.78 is 5.47. The molecule has 2 atom stereocenters. The van der Waals surface area contributed by atoms with Crippen molar-refractivity contribution in [3.8, 4) is 6.07 Å². The fourth-order valence-electron chi connectivity index (χ4n) is 2.25. The Morgan fingerprint density at radius 3 is 3.00 bits per heavy atom. The predicted octanol–water partition coefficient (Wildman–Crippen LogP) is 1.24. The van der Waals surface area contributed by atoms with E-state index in [0.29, 0.717) is 5.92 Å². The van der Waals surface area contributed by atoms with E-state index in [9.17, 15) is 0 Å². The highest BCUT2D eigenvalue weighted by molar-refractivity contribution is 4.91. The number of nitrogens with one attached hydrogen (secondary N) is 1. The quantitative estimate of drug-likeness (QED) is 0.726. The summed E-state index contributed by atoms with van der Waals surface area (Å²) in [5.74, 6) is 0.638. The van der Waals surface area contributed by atoms with Gasteiger partial charge in [-0.15, -0.1) is 0 Å². The zero-order valence-corrected chi connectivity index (χ0v) is 11.1. The van der Waals surface area contributed by atoms with Crippen LogP contribution < -0.4 is 5.32 Å². The third-order valence-corrected chi connectivity index (χ3v) is 3.12. The number of ether oxygens (including phenoxy) is 1. The standard InChI is InChI=1S/C13H25N3O/c1-3-6-15-13(8-14)10-16(2)9-12-5-4-7-17-11-12/h12-13,15H,3-7,9-11H2,1-2H3. The Morgan fingerprint density at radius 2 is 2.41 bits per heavy atom.